The van der Waals surface area contributed by atoms with Gasteiger partial charge in [-0.15, -0.1) is 0 Å². The summed E-state index contributed by atoms with van der Waals surface area (Å²) < 4.78 is 5.20. The van der Waals surface area contributed by atoms with Gasteiger partial charge < -0.3 is 4.74 Å². The summed E-state index contributed by atoms with van der Waals surface area (Å²) in [6, 6.07) is 0.718. The van der Waals surface area contributed by atoms with E-state index < -0.39 is 0 Å². The molecule has 3 atom stereocenters. The predicted octanol–water partition coefficient (Wildman–Crippen LogP) is 3.23. The van der Waals surface area contributed by atoms with Crippen molar-refractivity contribution in [2.75, 3.05) is 19.7 Å². The molecule has 19 heavy (non-hydrogen) atoms. The van der Waals surface area contributed by atoms with Gasteiger partial charge in [0.25, 0.3) is 0 Å². The van der Waals surface area contributed by atoms with E-state index in [0.29, 0.717) is 6.61 Å². The van der Waals surface area contributed by atoms with Crippen LogP contribution in [0.4, 0.5) is 0 Å². The van der Waals surface area contributed by atoms with Gasteiger partial charge in [-0.25, -0.2) is 0 Å². The van der Waals surface area contributed by atoms with Crippen molar-refractivity contribution in [3.63, 3.8) is 0 Å². The normalized spacial score (nSPS) is 33.1. The summed E-state index contributed by atoms with van der Waals surface area (Å²) in [6.07, 6.45) is 8.90. The Morgan fingerprint density at radius 1 is 1.16 bits per heavy atom. The molecule has 0 amide bonds. The van der Waals surface area contributed by atoms with E-state index in [-0.39, 0.29) is 11.9 Å². The first kappa shape index (κ1) is 14.8. The van der Waals surface area contributed by atoms with Crippen molar-refractivity contribution in [2.24, 2.45) is 11.8 Å². The van der Waals surface area contributed by atoms with Crippen LogP contribution < -0.4 is 0 Å². The van der Waals surface area contributed by atoms with Crippen LogP contribution in [-0.4, -0.2) is 36.6 Å². The van der Waals surface area contributed by atoms with Gasteiger partial charge in [-0.1, -0.05) is 26.2 Å². The molecule has 0 aromatic carbocycles. The molecule has 1 aliphatic heterocycles. The van der Waals surface area contributed by atoms with Crippen molar-refractivity contribution in [1.82, 2.24) is 4.90 Å². The molecule has 1 saturated carbocycles. The summed E-state index contributed by atoms with van der Waals surface area (Å²) in [4.78, 5) is 14.5. The molecule has 0 aromatic rings. The minimum absolute atomic E-state index is 0.0241. The van der Waals surface area contributed by atoms with Crippen LogP contribution in [-0.2, 0) is 9.53 Å². The largest absolute Gasteiger partial charge is 0.466 e. The van der Waals surface area contributed by atoms with E-state index in [4.69, 9.17) is 4.74 Å². The van der Waals surface area contributed by atoms with E-state index in [9.17, 15) is 4.79 Å². The second-order valence-corrected chi connectivity index (χ2v) is 6.11. The Morgan fingerprint density at radius 2 is 1.95 bits per heavy atom. The molecule has 0 aromatic heterocycles. The van der Waals surface area contributed by atoms with Crippen LogP contribution >= 0.6 is 0 Å². The molecular formula is C16H29NO2. The van der Waals surface area contributed by atoms with Crippen LogP contribution in [0.3, 0.4) is 0 Å². The lowest BCUT2D eigenvalue weighted by Crippen LogP contribution is -2.48. The van der Waals surface area contributed by atoms with Crippen molar-refractivity contribution in [2.45, 2.75) is 64.8 Å². The topological polar surface area (TPSA) is 29.5 Å². The third-order valence-electron chi connectivity index (χ3n) is 4.94. The summed E-state index contributed by atoms with van der Waals surface area (Å²) in [7, 11) is 0. The lowest BCUT2D eigenvalue weighted by Gasteiger charge is -2.43. The van der Waals surface area contributed by atoms with Crippen LogP contribution in [0.1, 0.15) is 58.8 Å². The van der Waals surface area contributed by atoms with Crippen molar-refractivity contribution in [3.05, 3.63) is 0 Å². The number of nitrogens with zero attached hydrogens (tertiary/aromatic N) is 1. The molecular weight excluding hydrogens is 238 g/mol. The van der Waals surface area contributed by atoms with E-state index in [1.165, 1.54) is 38.6 Å². The van der Waals surface area contributed by atoms with Crippen molar-refractivity contribution in [3.8, 4) is 0 Å². The monoisotopic (exact) mass is 267 g/mol. The zero-order valence-corrected chi connectivity index (χ0v) is 12.6. The van der Waals surface area contributed by atoms with Crippen LogP contribution in [0.15, 0.2) is 0 Å². The fourth-order valence-electron chi connectivity index (χ4n) is 3.91. The molecule has 2 aliphatic rings. The number of rotatable bonds is 4. The molecule has 2 fully saturated rings. The highest BCUT2D eigenvalue weighted by Gasteiger charge is 2.34. The Kier molecular flexibility index (Phi) is 5.68. The lowest BCUT2D eigenvalue weighted by molar-refractivity contribution is -0.150. The zero-order valence-electron chi connectivity index (χ0n) is 12.6. The Hall–Kier alpha value is -0.570. The standard InChI is InChI=1S/C16H29NO2/c1-3-13-8-5-6-10-15(13)17-11-7-9-14(12-17)16(18)19-4-2/h13-15H,3-12H2,1-2H3/t13?,14-,15?/m0/s1. The second kappa shape index (κ2) is 7.28. The minimum atomic E-state index is 0.0241. The number of likely N-dealkylation sites (tertiary alicyclic amines) is 1. The molecule has 0 radical (unpaired) electrons. The Morgan fingerprint density at radius 3 is 2.68 bits per heavy atom. The molecule has 1 saturated heterocycles. The van der Waals surface area contributed by atoms with Crippen LogP contribution in [0.2, 0.25) is 0 Å². The molecule has 3 nitrogen and oxygen atoms in total. The first-order valence-electron chi connectivity index (χ1n) is 8.17. The van der Waals surface area contributed by atoms with Gasteiger partial charge in [0.2, 0.25) is 0 Å². The molecule has 2 rings (SSSR count). The maximum absolute atomic E-state index is 11.9. The minimum Gasteiger partial charge on any atom is -0.466 e. The number of piperidine rings is 1. The molecule has 1 aliphatic carbocycles. The summed E-state index contributed by atoms with van der Waals surface area (Å²) in [5, 5.41) is 0. The van der Waals surface area contributed by atoms with Gasteiger partial charge in [-0.3, -0.25) is 9.69 Å². The zero-order chi connectivity index (χ0) is 13.7. The number of hydrogen-bond donors (Lipinski definition) is 0. The molecule has 0 N–H and O–H groups in total. The molecule has 110 valence electrons. The van der Waals surface area contributed by atoms with Gasteiger partial charge in [0.05, 0.1) is 12.5 Å². The fraction of sp³-hybridized carbons (Fsp3) is 0.938. The Labute approximate surface area is 117 Å². The fourth-order valence-corrected chi connectivity index (χ4v) is 3.91. The Balaban J connectivity index is 1.94. The molecule has 1 heterocycles. The number of carbonyl (C=O) groups is 1. The van der Waals surface area contributed by atoms with Crippen LogP contribution in [0, 0.1) is 11.8 Å². The van der Waals surface area contributed by atoms with E-state index in [1.807, 2.05) is 6.92 Å². The first-order chi connectivity index (χ1) is 9.26. The molecule has 3 heteroatoms. The van der Waals surface area contributed by atoms with Crippen molar-refractivity contribution >= 4 is 5.97 Å². The van der Waals surface area contributed by atoms with Gasteiger partial charge in [-0.2, -0.15) is 0 Å². The highest BCUT2D eigenvalue weighted by Crippen LogP contribution is 2.33. The SMILES string of the molecule is CCOC(=O)[C@H]1CCCN(C2CCCCC2CC)C1. The first-order valence-corrected chi connectivity index (χ1v) is 8.17. The van der Waals surface area contributed by atoms with Gasteiger partial charge in [0.1, 0.15) is 0 Å². The summed E-state index contributed by atoms with van der Waals surface area (Å²) in [5.41, 5.74) is 0. The van der Waals surface area contributed by atoms with Crippen molar-refractivity contribution in [1.29, 1.82) is 0 Å². The second-order valence-electron chi connectivity index (χ2n) is 6.11. The number of ether oxygens (including phenoxy) is 1. The predicted molar refractivity (Wildman–Crippen MR) is 77.0 cm³/mol. The quantitative estimate of drug-likeness (QED) is 0.732. The van der Waals surface area contributed by atoms with E-state index in [1.54, 1.807) is 0 Å². The molecule has 2 unspecified atom stereocenters. The third-order valence-corrected chi connectivity index (χ3v) is 4.94. The smallest absolute Gasteiger partial charge is 0.310 e. The Bertz CT molecular complexity index is 292. The maximum atomic E-state index is 11.9. The van der Waals surface area contributed by atoms with E-state index in [0.717, 1.165) is 31.3 Å². The highest BCUT2D eigenvalue weighted by molar-refractivity contribution is 5.72. The summed E-state index contributed by atoms with van der Waals surface area (Å²) >= 11 is 0. The highest BCUT2D eigenvalue weighted by atomic mass is 16.5. The van der Waals surface area contributed by atoms with E-state index >= 15 is 0 Å². The molecule has 0 bridgehead atoms. The number of hydrogen-bond acceptors (Lipinski definition) is 3. The van der Waals surface area contributed by atoms with Gasteiger partial charge in [0.15, 0.2) is 0 Å². The summed E-state index contributed by atoms with van der Waals surface area (Å²) in [5.74, 6) is 0.985. The molecule has 0 spiro atoms. The number of esters is 1. The third kappa shape index (κ3) is 3.71. The van der Waals surface area contributed by atoms with Gasteiger partial charge in [-0.05, 0) is 45.1 Å². The van der Waals surface area contributed by atoms with Crippen LogP contribution in [0.25, 0.3) is 0 Å². The lowest BCUT2D eigenvalue weighted by atomic mass is 9.80. The van der Waals surface area contributed by atoms with Gasteiger partial charge >= 0.3 is 5.97 Å². The van der Waals surface area contributed by atoms with Gasteiger partial charge in [0, 0.05) is 12.6 Å². The maximum Gasteiger partial charge on any atom is 0.310 e. The van der Waals surface area contributed by atoms with Crippen LogP contribution in [0.5, 0.6) is 0 Å². The number of carbonyl (C=O) groups excluding carboxylic acids is 1. The summed E-state index contributed by atoms with van der Waals surface area (Å²) in [6.45, 7) is 6.83. The van der Waals surface area contributed by atoms with E-state index in [2.05, 4.69) is 11.8 Å². The average Bonchev–Trinajstić information content (AvgIpc) is 2.47. The average molecular weight is 267 g/mol. The van der Waals surface area contributed by atoms with Crippen molar-refractivity contribution < 1.29 is 9.53 Å².